The molecule has 4 heteroatoms. The topological polar surface area (TPSA) is 34.4 Å². The van der Waals surface area contributed by atoms with E-state index in [0.29, 0.717) is 0 Å². The fourth-order valence-electron chi connectivity index (χ4n) is 2.45. The van der Waals surface area contributed by atoms with Gasteiger partial charge in [0.2, 0.25) is 0 Å². The van der Waals surface area contributed by atoms with Gasteiger partial charge in [0, 0.05) is 10.9 Å². The van der Waals surface area contributed by atoms with E-state index in [9.17, 15) is 4.79 Å². The SMILES string of the molecule is Cc1ccc(-c2cc(=O)n3c(nc4ccccc43)s2)cc1. The molecule has 0 aliphatic carbocycles. The van der Waals surface area contributed by atoms with Crippen LogP contribution in [-0.2, 0) is 0 Å². The smallest absolute Gasteiger partial charge is 0.258 e. The second-order valence-electron chi connectivity index (χ2n) is 5.03. The van der Waals surface area contributed by atoms with E-state index in [0.717, 1.165) is 26.4 Å². The fraction of sp³-hybridized carbons (Fsp3) is 0.0588. The van der Waals surface area contributed by atoms with Gasteiger partial charge in [-0.15, -0.1) is 0 Å². The zero-order valence-electron chi connectivity index (χ0n) is 11.4. The summed E-state index contributed by atoms with van der Waals surface area (Å²) < 4.78 is 1.68. The minimum Gasteiger partial charge on any atom is -0.269 e. The maximum absolute atomic E-state index is 12.4. The van der Waals surface area contributed by atoms with E-state index in [1.54, 1.807) is 10.5 Å². The van der Waals surface area contributed by atoms with E-state index in [-0.39, 0.29) is 5.56 Å². The molecule has 0 fully saturated rings. The van der Waals surface area contributed by atoms with Crippen LogP contribution in [0.3, 0.4) is 0 Å². The molecular weight excluding hydrogens is 280 g/mol. The van der Waals surface area contributed by atoms with Gasteiger partial charge in [-0.1, -0.05) is 53.3 Å². The minimum atomic E-state index is -0.0342. The first-order chi connectivity index (χ1) is 10.2. The highest BCUT2D eigenvalue weighted by atomic mass is 32.1. The normalized spacial score (nSPS) is 11.3. The van der Waals surface area contributed by atoms with E-state index < -0.39 is 0 Å². The molecule has 2 aromatic carbocycles. The van der Waals surface area contributed by atoms with Crippen LogP contribution in [0.15, 0.2) is 59.4 Å². The molecule has 3 nitrogen and oxygen atoms in total. The van der Waals surface area contributed by atoms with E-state index >= 15 is 0 Å². The number of rotatable bonds is 1. The largest absolute Gasteiger partial charge is 0.269 e. The number of para-hydroxylation sites is 2. The molecule has 0 aliphatic rings. The third kappa shape index (κ3) is 1.96. The van der Waals surface area contributed by atoms with Gasteiger partial charge in [-0.05, 0) is 24.6 Å². The lowest BCUT2D eigenvalue weighted by atomic mass is 10.1. The first-order valence-corrected chi connectivity index (χ1v) is 7.52. The second kappa shape index (κ2) is 4.53. The Bertz CT molecular complexity index is 1010. The average Bonchev–Trinajstić information content (AvgIpc) is 2.86. The number of nitrogens with zero attached hydrogens (tertiary/aromatic N) is 2. The summed E-state index contributed by atoms with van der Waals surface area (Å²) in [4.78, 5) is 18.7. The number of hydrogen-bond donors (Lipinski definition) is 0. The van der Waals surface area contributed by atoms with Gasteiger partial charge in [0.1, 0.15) is 0 Å². The zero-order chi connectivity index (χ0) is 14.4. The molecule has 4 aromatic rings. The summed E-state index contributed by atoms with van der Waals surface area (Å²) in [6.07, 6.45) is 0. The van der Waals surface area contributed by atoms with Crippen LogP contribution in [0.4, 0.5) is 0 Å². The standard InChI is InChI=1S/C17H12N2OS/c1-11-6-8-12(9-7-11)15-10-16(20)19-14-5-3-2-4-13(14)18-17(19)21-15/h2-10H,1H3. The lowest BCUT2D eigenvalue weighted by molar-refractivity contribution is 1.18. The average molecular weight is 292 g/mol. The van der Waals surface area contributed by atoms with Crippen LogP contribution in [0.2, 0.25) is 0 Å². The molecule has 0 spiro atoms. The summed E-state index contributed by atoms with van der Waals surface area (Å²) in [6, 6.07) is 17.6. The molecule has 2 aromatic heterocycles. The molecule has 4 rings (SSSR count). The predicted molar refractivity (Wildman–Crippen MR) is 87.0 cm³/mol. The summed E-state index contributed by atoms with van der Waals surface area (Å²) in [5.41, 5.74) is 3.94. The molecule has 0 saturated carbocycles. The Morgan fingerprint density at radius 2 is 1.81 bits per heavy atom. The van der Waals surface area contributed by atoms with Crippen molar-refractivity contribution in [2.75, 3.05) is 0 Å². The third-order valence-electron chi connectivity index (χ3n) is 3.54. The van der Waals surface area contributed by atoms with Crippen LogP contribution >= 0.6 is 11.3 Å². The number of hydrogen-bond acceptors (Lipinski definition) is 3. The van der Waals surface area contributed by atoms with Crippen molar-refractivity contribution in [1.29, 1.82) is 0 Å². The molecule has 0 N–H and O–H groups in total. The van der Waals surface area contributed by atoms with Gasteiger partial charge in [0.05, 0.1) is 11.0 Å². The highest BCUT2D eigenvalue weighted by molar-refractivity contribution is 7.20. The molecule has 0 atom stereocenters. The number of aromatic nitrogens is 2. The Morgan fingerprint density at radius 3 is 2.62 bits per heavy atom. The van der Waals surface area contributed by atoms with Crippen LogP contribution in [0.1, 0.15) is 5.56 Å². The number of fused-ring (bicyclic) bond motifs is 3. The molecule has 0 amide bonds. The third-order valence-corrected chi connectivity index (χ3v) is 4.57. The Kier molecular flexibility index (Phi) is 2.65. The summed E-state index contributed by atoms with van der Waals surface area (Å²) in [5.74, 6) is 0. The molecular formula is C17H12N2OS. The Balaban J connectivity index is 2.03. The monoisotopic (exact) mass is 292 g/mol. The van der Waals surface area contributed by atoms with Gasteiger partial charge in [0.15, 0.2) is 4.96 Å². The lowest BCUT2D eigenvalue weighted by Gasteiger charge is -2.02. The molecule has 0 unspecified atom stereocenters. The van der Waals surface area contributed by atoms with E-state index in [1.165, 1.54) is 16.9 Å². The van der Waals surface area contributed by atoms with Gasteiger partial charge in [-0.2, -0.15) is 0 Å². The maximum Gasteiger partial charge on any atom is 0.258 e. The quantitative estimate of drug-likeness (QED) is 0.533. The Labute approximate surface area is 125 Å². The molecule has 0 aliphatic heterocycles. The first kappa shape index (κ1) is 12.3. The molecule has 21 heavy (non-hydrogen) atoms. The maximum atomic E-state index is 12.4. The highest BCUT2D eigenvalue weighted by Gasteiger charge is 2.10. The number of imidazole rings is 1. The fourth-order valence-corrected chi connectivity index (χ4v) is 3.48. The van der Waals surface area contributed by atoms with Crippen molar-refractivity contribution in [1.82, 2.24) is 9.38 Å². The second-order valence-corrected chi connectivity index (χ2v) is 6.04. The molecule has 102 valence electrons. The first-order valence-electron chi connectivity index (χ1n) is 6.71. The molecule has 0 saturated heterocycles. The van der Waals surface area contributed by atoms with Gasteiger partial charge in [0.25, 0.3) is 5.56 Å². The van der Waals surface area contributed by atoms with Crippen LogP contribution in [0.25, 0.3) is 26.4 Å². The van der Waals surface area contributed by atoms with Crippen molar-refractivity contribution in [3.05, 3.63) is 70.5 Å². The summed E-state index contributed by atoms with van der Waals surface area (Å²) in [6.45, 7) is 2.05. The van der Waals surface area contributed by atoms with Crippen LogP contribution in [-0.4, -0.2) is 9.38 Å². The van der Waals surface area contributed by atoms with Crippen molar-refractivity contribution >= 4 is 27.3 Å². The number of aryl methyl sites for hydroxylation is 1. The molecule has 2 heterocycles. The van der Waals surface area contributed by atoms with Crippen molar-refractivity contribution < 1.29 is 0 Å². The van der Waals surface area contributed by atoms with Gasteiger partial charge in [-0.25, -0.2) is 4.98 Å². The summed E-state index contributed by atoms with van der Waals surface area (Å²) in [5, 5.41) is 0. The number of benzene rings is 2. The Morgan fingerprint density at radius 1 is 1.05 bits per heavy atom. The van der Waals surface area contributed by atoms with Gasteiger partial charge in [-0.3, -0.25) is 9.20 Å². The van der Waals surface area contributed by atoms with E-state index in [1.807, 2.05) is 36.4 Å². The van der Waals surface area contributed by atoms with E-state index in [4.69, 9.17) is 0 Å². The lowest BCUT2D eigenvalue weighted by Crippen LogP contribution is -2.09. The summed E-state index contributed by atoms with van der Waals surface area (Å²) in [7, 11) is 0. The zero-order valence-corrected chi connectivity index (χ0v) is 12.2. The molecule has 0 radical (unpaired) electrons. The van der Waals surface area contributed by atoms with Crippen LogP contribution < -0.4 is 5.56 Å². The summed E-state index contributed by atoms with van der Waals surface area (Å²) >= 11 is 1.54. The minimum absolute atomic E-state index is 0.0342. The van der Waals surface area contributed by atoms with Gasteiger partial charge >= 0.3 is 0 Å². The van der Waals surface area contributed by atoms with Crippen molar-refractivity contribution in [2.45, 2.75) is 6.92 Å². The van der Waals surface area contributed by atoms with Crippen molar-refractivity contribution in [3.63, 3.8) is 0 Å². The molecule has 0 bridgehead atoms. The van der Waals surface area contributed by atoms with Gasteiger partial charge < -0.3 is 0 Å². The van der Waals surface area contributed by atoms with Crippen LogP contribution in [0, 0.1) is 6.92 Å². The van der Waals surface area contributed by atoms with Crippen LogP contribution in [0.5, 0.6) is 0 Å². The Hall–Kier alpha value is -2.46. The highest BCUT2D eigenvalue weighted by Crippen LogP contribution is 2.27. The predicted octanol–water partition coefficient (Wildman–Crippen LogP) is 3.88. The van der Waals surface area contributed by atoms with E-state index in [2.05, 4.69) is 24.0 Å². The van der Waals surface area contributed by atoms with Crippen molar-refractivity contribution in [3.8, 4) is 10.4 Å². The van der Waals surface area contributed by atoms with Crippen molar-refractivity contribution in [2.24, 2.45) is 0 Å².